The smallest absolute Gasteiger partial charge is 0.312 e. The van der Waals surface area contributed by atoms with E-state index in [9.17, 15) is 4.79 Å². The van der Waals surface area contributed by atoms with Crippen LogP contribution in [0, 0.1) is 0 Å². The topological polar surface area (TPSA) is 54.6 Å². The van der Waals surface area contributed by atoms with Crippen LogP contribution in [0.15, 0.2) is 12.4 Å². The minimum atomic E-state index is -0.725. The minimum Gasteiger partial charge on any atom is -0.481 e. The number of fused-ring (bicyclic) bond motifs is 3. The Balaban J connectivity index is 2.27. The highest BCUT2D eigenvalue weighted by Crippen LogP contribution is 2.38. The maximum absolute atomic E-state index is 11.0. The maximum atomic E-state index is 11.0. The van der Waals surface area contributed by atoms with Crippen molar-refractivity contribution >= 4 is 22.3 Å². The van der Waals surface area contributed by atoms with Crippen LogP contribution in [-0.4, -0.2) is 20.5 Å². The lowest BCUT2D eigenvalue weighted by Gasteiger charge is -2.03. The Hall–Kier alpha value is -1.36. The number of nitrogens with zero attached hydrogens (tertiary/aromatic N) is 2. The Morgan fingerprint density at radius 3 is 3.36 bits per heavy atom. The lowest BCUT2D eigenvalue weighted by molar-refractivity contribution is -0.138. The highest BCUT2D eigenvalue weighted by atomic mass is 32.1. The van der Waals surface area contributed by atoms with Gasteiger partial charge >= 0.3 is 5.97 Å². The molecule has 0 spiro atoms. The fraction of sp³-hybridized carbons (Fsp3) is 0.333. The molecule has 1 N–H and O–H groups in total. The summed E-state index contributed by atoms with van der Waals surface area (Å²) in [5, 5.41) is 9.05. The Morgan fingerprint density at radius 2 is 2.57 bits per heavy atom. The number of aromatic nitrogens is 2. The van der Waals surface area contributed by atoms with Crippen molar-refractivity contribution in [2.75, 3.05) is 0 Å². The predicted molar refractivity (Wildman–Crippen MR) is 51.8 cm³/mol. The lowest BCUT2D eigenvalue weighted by Crippen LogP contribution is -2.09. The SMILES string of the molecule is O=C(O)C1CCc2sc3nccn3c21. The van der Waals surface area contributed by atoms with E-state index in [0.29, 0.717) is 0 Å². The molecule has 1 unspecified atom stereocenters. The molecule has 2 aromatic heterocycles. The molecule has 1 aliphatic rings. The van der Waals surface area contributed by atoms with E-state index in [1.807, 2.05) is 10.6 Å². The van der Waals surface area contributed by atoms with Gasteiger partial charge in [0.15, 0.2) is 4.96 Å². The van der Waals surface area contributed by atoms with Gasteiger partial charge in [-0.2, -0.15) is 0 Å². The predicted octanol–water partition coefficient (Wildman–Crippen LogP) is 1.51. The van der Waals surface area contributed by atoms with E-state index in [1.165, 1.54) is 4.88 Å². The van der Waals surface area contributed by atoms with E-state index < -0.39 is 5.97 Å². The van der Waals surface area contributed by atoms with Gasteiger partial charge in [0.25, 0.3) is 0 Å². The minimum absolute atomic E-state index is 0.340. The summed E-state index contributed by atoms with van der Waals surface area (Å²) in [5.41, 5.74) is 0.940. The van der Waals surface area contributed by atoms with Gasteiger partial charge in [0.1, 0.15) is 0 Å². The Bertz CT molecular complexity index is 514. The van der Waals surface area contributed by atoms with E-state index in [2.05, 4.69) is 4.98 Å². The molecule has 2 aromatic rings. The molecule has 1 atom stereocenters. The molecule has 72 valence electrons. The van der Waals surface area contributed by atoms with E-state index in [-0.39, 0.29) is 5.92 Å². The van der Waals surface area contributed by atoms with Gasteiger partial charge in [-0.15, -0.1) is 11.3 Å². The molecular weight excluding hydrogens is 200 g/mol. The van der Waals surface area contributed by atoms with Crippen LogP contribution in [-0.2, 0) is 11.2 Å². The number of aryl methyl sites for hydroxylation is 1. The lowest BCUT2D eigenvalue weighted by atomic mass is 10.1. The number of imidazole rings is 1. The number of carboxylic acid groups (broad SMARTS) is 1. The summed E-state index contributed by atoms with van der Waals surface area (Å²) in [5.74, 6) is -1.06. The van der Waals surface area contributed by atoms with Crippen molar-refractivity contribution in [3.8, 4) is 0 Å². The third-order valence-electron chi connectivity index (χ3n) is 2.65. The van der Waals surface area contributed by atoms with Crippen molar-refractivity contribution in [1.82, 2.24) is 9.38 Å². The van der Waals surface area contributed by atoms with Crippen molar-refractivity contribution in [2.24, 2.45) is 0 Å². The van der Waals surface area contributed by atoms with Crippen LogP contribution in [0.2, 0.25) is 0 Å². The van der Waals surface area contributed by atoms with E-state index in [0.717, 1.165) is 23.5 Å². The second-order valence-corrected chi connectivity index (χ2v) is 4.48. The summed E-state index contributed by atoms with van der Waals surface area (Å²) >= 11 is 1.60. The van der Waals surface area contributed by atoms with Gasteiger partial charge < -0.3 is 5.11 Å². The summed E-state index contributed by atoms with van der Waals surface area (Å²) in [4.78, 5) is 17.2. The summed E-state index contributed by atoms with van der Waals surface area (Å²) < 4.78 is 1.91. The molecule has 0 saturated carbocycles. The molecule has 5 heteroatoms. The zero-order chi connectivity index (χ0) is 9.71. The van der Waals surface area contributed by atoms with Gasteiger partial charge in [0, 0.05) is 17.3 Å². The average molecular weight is 208 g/mol. The molecule has 2 heterocycles. The fourth-order valence-corrected chi connectivity index (χ4v) is 3.20. The molecular formula is C9H8N2O2S. The van der Waals surface area contributed by atoms with Crippen LogP contribution in [0.1, 0.15) is 22.9 Å². The van der Waals surface area contributed by atoms with Crippen LogP contribution in [0.4, 0.5) is 0 Å². The number of rotatable bonds is 1. The number of hydrogen-bond donors (Lipinski definition) is 1. The molecule has 0 amide bonds. The Morgan fingerprint density at radius 1 is 1.71 bits per heavy atom. The molecule has 0 fully saturated rings. The van der Waals surface area contributed by atoms with Crippen molar-refractivity contribution in [1.29, 1.82) is 0 Å². The second-order valence-electron chi connectivity index (χ2n) is 3.42. The normalized spacial score (nSPS) is 20.1. The van der Waals surface area contributed by atoms with Crippen LogP contribution in [0.5, 0.6) is 0 Å². The van der Waals surface area contributed by atoms with Crippen molar-refractivity contribution in [3.05, 3.63) is 23.0 Å². The molecule has 0 saturated heterocycles. The average Bonchev–Trinajstić information content (AvgIpc) is 2.70. The van der Waals surface area contributed by atoms with Crippen LogP contribution in [0.3, 0.4) is 0 Å². The quantitative estimate of drug-likeness (QED) is 0.772. The van der Waals surface area contributed by atoms with Gasteiger partial charge in [-0.05, 0) is 12.8 Å². The molecule has 3 rings (SSSR count). The molecule has 1 aliphatic carbocycles. The highest BCUT2D eigenvalue weighted by Gasteiger charge is 2.32. The summed E-state index contributed by atoms with van der Waals surface area (Å²) in [6.07, 6.45) is 5.15. The number of thiazole rings is 1. The molecule has 14 heavy (non-hydrogen) atoms. The van der Waals surface area contributed by atoms with Gasteiger partial charge in [0.05, 0.1) is 11.6 Å². The van der Waals surface area contributed by atoms with E-state index >= 15 is 0 Å². The van der Waals surface area contributed by atoms with Crippen molar-refractivity contribution < 1.29 is 9.90 Å². The first-order valence-electron chi connectivity index (χ1n) is 4.45. The largest absolute Gasteiger partial charge is 0.481 e. The number of carboxylic acids is 1. The van der Waals surface area contributed by atoms with Crippen LogP contribution < -0.4 is 0 Å². The Labute approximate surface area is 83.8 Å². The number of carbonyl (C=O) groups is 1. The molecule has 0 radical (unpaired) electrons. The zero-order valence-electron chi connectivity index (χ0n) is 7.30. The second kappa shape index (κ2) is 2.57. The van der Waals surface area contributed by atoms with Gasteiger partial charge in [-0.25, -0.2) is 4.98 Å². The zero-order valence-corrected chi connectivity index (χ0v) is 8.12. The van der Waals surface area contributed by atoms with Crippen LogP contribution >= 0.6 is 11.3 Å². The molecule has 0 aromatic carbocycles. The highest BCUT2D eigenvalue weighted by molar-refractivity contribution is 7.17. The molecule has 0 aliphatic heterocycles. The van der Waals surface area contributed by atoms with E-state index in [4.69, 9.17) is 5.11 Å². The number of hydrogen-bond acceptors (Lipinski definition) is 3. The number of aliphatic carboxylic acids is 1. The molecule has 4 nitrogen and oxygen atoms in total. The summed E-state index contributed by atoms with van der Waals surface area (Å²) in [6, 6.07) is 0. The fourth-order valence-electron chi connectivity index (χ4n) is 2.04. The first-order valence-corrected chi connectivity index (χ1v) is 5.26. The van der Waals surface area contributed by atoms with Crippen molar-refractivity contribution in [3.63, 3.8) is 0 Å². The first-order chi connectivity index (χ1) is 6.77. The summed E-state index contributed by atoms with van der Waals surface area (Å²) in [6.45, 7) is 0. The van der Waals surface area contributed by atoms with Gasteiger partial charge in [0.2, 0.25) is 0 Å². The van der Waals surface area contributed by atoms with Gasteiger partial charge in [-0.1, -0.05) is 0 Å². The van der Waals surface area contributed by atoms with Crippen molar-refractivity contribution in [2.45, 2.75) is 18.8 Å². The maximum Gasteiger partial charge on any atom is 0.312 e. The Kier molecular flexibility index (Phi) is 1.47. The standard InChI is InChI=1S/C9H8N2O2S/c12-8(13)5-1-2-6-7(5)11-4-3-10-9(11)14-6/h3-5H,1-2H2,(H,12,13). The monoisotopic (exact) mass is 208 g/mol. The summed E-state index contributed by atoms with van der Waals surface area (Å²) in [7, 11) is 0. The van der Waals surface area contributed by atoms with Gasteiger partial charge in [-0.3, -0.25) is 9.20 Å². The third kappa shape index (κ3) is 0.874. The first kappa shape index (κ1) is 7.99. The molecule has 0 bridgehead atoms. The third-order valence-corrected chi connectivity index (χ3v) is 3.80. The van der Waals surface area contributed by atoms with Crippen LogP contribution in [0.25, 0.3) is 4.96 Å². The van der Waals surface area contributed by atoms with E-state index in [1.54, 1.807) is 17.5 Å².